The van der Waals surface area contributed by atoms with Crippen LogP contribution < -0.4 is 5.32 Å². The quantitative estimate of drug-likeness (QED) is 0.764. The standard InChI is InChI=1S/C23H26N2O4/c1-17-9-8-12-19(15-17)22(27)24-16-20(26)29-21(18-10-4-2-5-11-18)23(28)25-13-6-3-7-14-25/h2,4-5,8-12,15,21H,3,6-7,13-14,16H2,1H3,(H,24,27)/t21-/m0/s1. The van der Waals surface area contributed by atoms with Gasteiger partial charge >= 0.3 is 5.97 Å². The summed E-state index contributed by atoms with van der Waals surface area (Å²) in [7, 11) is 0. The number of likely N-dealkylation sites (tertiary alicyclic amines) is 1. The number of hydrogen-bond acceptors (Lipinski definition) is 4. The Morgan fingerprint density at radius 3 is 2.41 bits per heavy atom. The van der Waals surface area contributed by atoms with E-state index in [9.17, 15) is 14.4 Å². The van der Waals surface area contributed by atoms with Gasteiger partial charge in [-0.2, -0.15) is 0 Å². The van der Waals surface area contributed by atoms with Crippen LogP contribution in [0.25, 0.3) is 0 Å². The number of aryl methyl sites for hydroxylation is 1. The molecule has 1 aliphatic heterocycles. The second-order valence-electron chi connectivity index (χ2n) is 7.22. The van der Waals surface area contributed by atoms with Gasteiger partial charge in [0, 0.05) is 24.2 Å². The average molecular weight is 394 g/mol. The van der Waals surface area contributed by atoms with E-state index in [2.05, 4.69) is 5.32 Å². The molecular formula is C23H26N2O4. The van der Waals surface area contributed by atoms with Crippen molar-refractivity contribution >= 4 is 17.8 Å². The van der Waals surface area contributed by atoms with E-state index < -0.39 is 12.1 Å². The number of nitrogens with one attached hydrogen (secondary N) is 1. The third kappa shape index (κ3) is 5.67. The minimum atomic E-state index is -1.00. The van der Waals surface area contributed by atoms with Crippen LogP contribution >= 0.6 is 0 Å². The molecule has 1 aliphatic rings. The van der Waals surface area contributed by atoms with E-state index in [1.165, 1.54) is 0 Å². The van der Waals surface area contributed by atoms with Gasteiger partial charge in [0.2, 0.25) is 6.10 Å². The Morgan fingerprint density at radius 2 is 1.72 bits per heavy atom. The highest BCUT2D eigenvalue weighted by atomic mass is 16.5. The summed E-state index contributed by atoms with van der Waals surface area (Å²) in [4.78, 5) is 39.4. The predicted octanol–water partition coefficient (Wildman–Crippen LogP) is 3.02. The molecule has 2 aromatic rings. The van der Waals surface area contributed by atoms with Crippen LogP contribution in [0.5, 0.6) is 0 Å². The van der Waals surface area contributed by atoms with Crippen molar-refractivity contribution in [2.75, 3.05) is 19.6 Å². The monoisotopic (exact) mass is 394 g/mol. The SMILES string of the molecule is Cc1cccc(C(=O)NCC(=O)O[C@H](C(=O)N2CCCCC2)c2ccccc2)c1. The van der Waals surface area contributed by atoms with E-state index in [1.54, 1.807) is 47.4 Å². The summed E-state index contributed by atoms with van der Waals surface area (Å²) in [6.07, 6.45) is 2.00. The molecule has 0 spiro atoms. The van der Waals surface area contributed by atoms with Crippen molar-refractivity contribution in [2.45, 2.75) is 32.3 Å². The average Bonchev–Trinajstić information content (AvgIpc) is 2.76. The second kappa shape index (κ2) is 9.87. The van der Waals surface area contributed by atoms with Crippen LogP contribution in [0, 0.1) is 6.92 Å². The van der Waals surface area contributed by atoms with E-state index in [0.29, 0.717) is 24.2 Å². The maximum atomic E-state index is 13.0. The lowest BCUT2D eigenvalue weighted by Crippen LogP contribution is -2.41. The van der Waals surface area contributed by atoms with Crippen molar-refractivity contribution in [1.29, 1.82) is 0 Å². The van der Waals surface area contributed by atoms with Crippen LogP contribution in [0.2, 0.25) is 0 Å². The van der Waals surface area contributed by atoms with Crippen molar-refractivity contribution in [3.63, 3.8) is 0 Å². The largest absolute Gasteiger partial charge is 0.446 e. The van der Waals surface area contributed by atoms with Crippen molar-refractivity contribution in [2.24, 2.45) is 0 Å². The zero-order chi connectivity index (χ0) is 20.6. The maximum absolute atomic E-state index is 13.0. The van der Waals surface area contributed by atoms with Gasteiger partial charge < -0.3 is 15.0 Å². The van der Waals surface area contributed by atoms with Gasteiger partial charge in [0.15, 0.2) is 0 Å². The predicted molar refractivity (Wildman–Crippen MR) is 109 cm³/mol. The van der Waals surface area contributed by atoms with Crippen LogP contribution in [0.3, 0.4) is 0 Å². The first-order valence-corrected chi connectivity index (χ1v) is 9.92. The molecule has 1 atom stereocenters. The van der Waals surface area contributed by atoms with Crippen LogP contribution in [0.1, 0.15) is 46.9 Å². The summed E-state index contributed by atoms with van der Waals surface area (Å²) in [5.41, 5.74) is 2.06. The normalized spacial score (nSPS) is 14.7. The maximum Gasteiger partial charge on any atom is 0.326 e. The number of carbonyl (C=O) groups is 3. The van der Waals surface area contributed by atoms with Crippen molar-refractivity contribution in [3.05, 3.63) is 71.3 Å². The van der Waals surface area contributed by atoms with Gasteiger partial charge in [-0.1, -0.05) is 48.0 Å². The molecule has 1 saturated heterocycles. The van der Waals surface area contributed by atoms with E-state index in [4.69, 9.17) is 4.74 Å². The first-order chi connectivity index (χ1) is 14.0. The molecule has 1 N–H and O–H groups in total. The number of rotatable bonds is 6. The molecule has 0 aromatic heterocycles. The Hall–Kier alpha value is -3.15. The van der Waals surface area contributed by atoms with Crippen LogP contribution in [-0.2, 0) is 14.3 Å². The Morgan fingerprint density at radius 1 is 1.00 bits per heavy atom. The molecule has 0 saturated carbocycles. The van der Waals surface area contributed by atoms with E-state index in [-0.39, 0.29) is 18.4 Å². The summed E-state index contributed by atoms with van der Waals surface area (Å²) in [6, 6.07) is 16.1. The number of piperidine rings is 1. The van der Waals surface area contributed by atoms with Crippen molar-refractivity contribution in [1.82, 2.24) is 10.2 Å². The number of carbonyl (C=O) groups excluding carboxylic acids is 3. The van der Waals surface area contributed by atoms with Crippen LogP contribution in [-0.4, -0.2) is 42.3 Å². The number of benzene rings is 2. The minimum absolute atomic E-state index is 0.214. The van der Waals surface area contributed by atoms with Gasteiger partial charge in [0.1, 0.15) is 6.54 Å². The summed E-state index contributed by atoms with van der Waals surface area (Å²) in [6.45, 7) is 2.93. The zero-order valence-corrected chi connectivity index (χ0v) is 16.6. The molecule has 6 nitrogen and oxygen atoms in total. The Balaban J connectivity index is 1.64. The number of amides is 2. The highest BCUT2D eigenvalue weighted by Gasteiger charge is 2.30. The molecule has 29 heavy (non-hydrogen) atoms. The highest BCUT2D eigenvalue weighted by Crippen LogP contribution is 2.22. The smallest absolute Gasteiger partial charge is 0.326 e. The van der Waals surface area contributed by atoms with Gasteiger partial charge in [-0.05, 0) is 38.3 Å². The minimum Gasteiger partial charge on any atom is -0.446 e. The molecule has 1 heterocycles. The molecule has 2 aromatic carbocycles. The Kier molecular flexibility index (Phi) is 7.00. The first-order valence-electron chi connectivity index (χ1n) is 9.92. The first kappa shape index (κ1) is 20.6. The van der Waals surface area contributed by atoms with Crippen molar-refractivity contribution < 1.29 is 19.1 Å². The molecule has 0 aliphatic carbocycles. The van der Waals surface area contributed by atoms with Gasteiger partial charge in [-0.3, -0.25) is 14.4 Å². The van der Waals surface area contributed by atoms with Crippen LogP contribution in [0.15, 0.2) is 54.6 Å². The Bertz CT molecular complexity index is 860. The molecule has 0 bridgehead atoms. The lowest BCUT2D eigenvalue weighted by Gasteiger charge is -2.30. The highest BCUT2D eigenvalue weighted by molar-refractivity contribution is 5.96. The van der Waals surface area contributed by atoms with Gasteiger partial charge in [-0.15, -0.1) is 0 Å². The molecule has 6 heteroatoms. The van der Waals surface area contributed by atoms with E-state index in [0.717, 1.165) is 24.8 Å². The van der Waals surface area contributed by atoms with Gasteiger partial charge in [0.05, 0.1) is 0 Å². The Labute approximate surface area is 170 Å². The zero-order valence-electron chi connectivity index (χ0n) is 16.6. The summed E-state index contributed by atoms with van der Waals surface area (Å²) in [5.74, 6) is -1.22. The topological polar surface area (TPSA) is 75.7 Å². The third-order valence-electron chi connectivity index (χ3n) is 4.92. The number of nitrogens with zero attached hydrogens (tertiary/aromatic N) is 1. The molecule has 0 unspecified atom stereocenters. The summed E-state index contributed by atoms with van der Waals surface area (Å²) >= 11 is 0. The fraction of sp³-hybridized carbons (Fsp3) is 0.348. The van der Waals surface area contributed by atoms with E-state index >= 15 is 0 Å². The third-order valence-corrected chi connectivity index (χ3v) is 4.92. The number of hydrogen-bond donors (Lipinski definition) is 1. The fourth-order valence-electron chi connectivity index (χ4n) is 3.38. The molecular weight excluding hydrogens is 368 g/mol. The summed E-state index contributed by atoms with van der Waals surface area (Å²) < 4.78 is 5.52. The lowest BCUT2D eigenvalue weighted by molar-refractivity contribution is -0.160. The summed E-state index contributed by atoms with van der Waals surface area (Å²) in [5, 5.41) is 2.56. The van der Waals surface area contributed by atoms with Gasteiger partial charge in [-0.25, -0.2) is 0 Å². The van der Waals surface area contributed by atoms with E-state index in [1.807, 2.05) is 19.1 Å². The lowest BCUT2D eigenvalue weighted by atomic mass is 10.1. The molecule has 0 radical (unpaired) electrons. The van der Waals surface area contributed by atoms with Gasteiger partial charge in [0.25, 0.3) is 11.8 Å². The molecule has 2 amide bonds. The fourth-order valence-corrected chi connectivity index (χ4v) is 3.38. The molecule has 1 fully saturated rings. The molecule has 152 valence electrons. The number of ether oxygens (including phenoxy) is 1. The second-order valence-corrected chi connectivity index (χ2v) is 7.22. The van der Waals surface area contributed by atoms with Crippen LogP contribution in [0.4, 0.5) is 0 Å². The molecule has 3 rings (SSSR count). The number of esters is 1. The van der Waals surface area contributed by atoms with Crippen molar-refractivity contribution in [3.8, 4) is 0 Å².